The van der Waals surface area contributed by atoms with Crippen molar-refractivity contribution in [2.45, 2.75) is 13.5 Å². The highest BCUT2D eigenvalue weighted by Gasteiger charge is 2.07. The van der Waals surface area contributed by atoms with Gasteiger partial charge in [0.1, 0.15) is 18.9 Å². The minimum absolute atomic E-state index is 0.144. The van der Waals surface area contributed by atoms with E-state index in [9.17, 15) is 9.59 Å². The Labute approximate surface area is 135 Å². The summed E-state index contributed by atoms with van der Waals surface area (Å²) < 4.78 is 10.4. The van der Waals surface area contributed by atoms with Gasteiger partial charge in [0.2, 0.25) is 0 Å². The van der Waals surface area contributed by atoms with Crippen molar-refractivity contribution < 1.29 is 19.1 Å². The summed E-state index contributed by atoms with van der Waals surface area (Å²) in [4.78, 5) is 23.2. The summed E-state index contributed by atoms with van der Waals surface area (Å²) in [7, 11) is 0. The minimum Gasteiger partial charge on any atom is -0.484 e. The Morgan fingerprint density at radius 1 is 1.04 bits per heavy atom. The molecule has 0 aliphatic carbocycles. The van der Waals surface area contributed by atoms with Crippen LogP contribution in [0.5, 0.6) is 5.75 Å². The van der Waals surface area contributed by atoms with Crippen LogP contribution in [0.15, 0.2) is 54.6 Å². The van der Waals surface area contributed by atoms with Gasteiger partial charge >= 0.3 is 5.97 Å². The van der Waals surface area contributed by atoms with E-state index < -0.39 is 5.97 Å². The molecular formula is C18H19NO4. The van der Waals surface area contributed by atoms with Gasteiger partial charge in [0.05, 0.1) is 0 Å². The second-order valence-electron chi connectivity index (χ2n) is 5.03. The third-order valence-electron chi connectivity index (χ3n) is 3.03. The van der Waals surface area contributed by atoms with Crippen LogP contribution < -0.4 is 10.1 Å². The molecular weight excluding hydrogens is 294 g/mol. The van der Waals surface area contributed by atoms with Gasteiger partial charge in [-0.2, -0.15) is 0 Å². The molecule has 5 heteroatoms. The van der Waals surface area contributed by atoms with Gasteiger partial charge in [-0.05, 0) is 24.6 Å². The summed E-state index contributed by atoms with van der Waals surface area (Å²) in [6, 6.07) is 16.7. The fraction of sp³-hybridized carbons (Fsp3) is 0.222. The van der Waals surface area contributed by atoms with Crippen LogP contribution in [0.1, 0.15) is 11.1 Å². The highest BCUT2D eigenvalue weighted by Crippen LogP contribution is 2.07. The number of ether oxygens (including phenoxy) is 2. The van der Waals surface area contributed by atoms with Gasteiger partial charge in [-0.1, -0.05) is 48.0 Å². The first-order chi connectivity index (χ1) is 11.1. The van der Waals surface area contributed by atoms with Gasteiger partial charge in [-0.15, -0.1) is 0 Å². The normalized spacial score (nSPS) is 9.96. The third kappa shape index (κ3) is 6.22. The minimum atomic E-state index is -0.487. The summed E-state index contributed by atoms with van der Waals surface area (Å²) in [5.41, 5.74) is 2.02. The standard InChI is InChI=1S/C18H19NO4/c1-14-6-5-7-15(10-14)12-23-18(21)11-19-17(20)13-22-16-8-3-2-4-9-16/h2-10H,11-13H2,1H3,(H,19,20). The number of hydrogen-bond donors (Lipinski definition) is 1. The third-order valence-corrected chi connectivity index (χ3v) is 3.03. The number of carbonyl (C=O) groups is 2. The molecule has 2 aromatic rings. The molecule has 2 rings (SSSR count). The molecule has 0 aromatic heterocycles. The van der Waals surface area contributed by atoms with Crippen LogP contribution in [0.25, 0.3) is 0 Å². The predicted octanol–water partition coefficient (Wildman–Crippen LogP) is 2.23. The second-order valence-corrected chi connectivity index (χ2v) is 5.03. The molecule has 0 unspecified atom stereocenters. The first-order valence-corrected chi connectivity index (χ1v) is 7.29. The first-order valence-electron chi connectivity index (χ1n) is 7.29. The summed E-state index contributed by atoms with van der Waals surface area (Å²) in [5, 5.41) is 2.46. The van der Waals surface area contributed by atoms with Crippen molar-refractivity contribution in [3.63, 3.8) is 0 Å². The van der Waals surface area contributed by atoms with Crippen molar-refractivity contribution >= 4 is 11.9 Å². The van der Waals surface area contributed by atoms with Crippen molar-refractivity contribution in [1.82, 2.24) is 5.32 Å². The van der Waals surface area contributed by atoms with Gasteiger partial charge in [0, 0.05) is 0 Å². The molecule has 0 saturated carbocycles. The molecule has 0 aliphatic heterocycles. The van der Waals surface area contributed by atoms with Gasteiger partial charge in [0.15, 0.2) is 6.61 Å². The predicted molar refractivity (Wildman–Crippen MR) is 85.9 cm³/mol. The zero-order chi connectivity index (χ0) is 16.5. The SMILES string of the molecule is Cc1cccc(COC(=O)CNC(=O)COc2ccccc2)c1. The number of hydrogen-bond acceptors (Lipinski definition) is 4. The number of nitrogens with one attached hydrogen (secondary N) is 1. The largest absolute Gasteiger partial charge is 0.484 e. The molecule has 5 nitrogen and oxygen atoms in total. The summed E-state index contributed by atoms with van der Waals surface area (Å²) in [6.45, 7) is 1.84. The maximum absolute atomic E-state index is 11.6. The molecule has 1 amide bonds. The van der Waals surface area contributed by atoms with Gasteiger partial charge in [-0.25, -0.2) is 0 Å². The number of aryl methyl sites for hydroxylation is 1. The molecule has 1 N–H and O–H groups in total. The molecule has 120 valence electrons. The average molecular weight is 313 g/mol. The van der Waals surface area contributed by atoms with E-state index in [1.54, 1.807) is 12.1 Å². The monoisotopic (exact) mass is 313 g/mol. The lowest BCUT2D eigenvalue weighted by Gasteiger charge is -2.08. The fourth-order valence-electron chi connectivity index (χ4n) is 1.90. The highest BCUT2D eigenvalue weighted by molar-refractivity contribution is 5.82. The van der Waals surface area contributed by atoms with Gasteiger partial charge in [-0.3, -0.25) is 9.59 Å². The maximum atomic E-state index is 11.6. The molecule has 0 atom stereocenters. The fourth-order valence-corrected chi connectivity index (χ4v) is 1.90. The number of amides is 1. The van der Waals surface area contributed by atoms with Crippen molar-refractivity contribution in [3.8, 4) is 5.75 Å². The van der Waals surface area contributed by atoms with Crippen LogP contribution in [0, 0.1) is 6.92 Å². The first kappa shape index (κ1) is 16.5. The van der Waals surface area contributed by atoms with E-state index >= 15 is 0 Å². The van der Waals surface area contributed by atoms with Crippen molar-refractivity contribution in [3.05, 3.63) is 65.7 Å². The summed E-state index contributed by atoms with van der Waals surface area (Å²) in [5.74, 6) is -0.259. The Hall–Kier alpha value is -2.82. The number of rotatable bonds is 7. The quantitative estimate of drug-likeness (QED) is 0.796. The average Bonchev–Trinajstić information content (AvgIpc) is 2.57. The Morgan fingerprint density at radius 3 is 2.57 bits per heavy atom. The number of para-hydroxylation sites is 1. The zero-order valence-electron chi connectivity index (χ0n) is 13.0. The van der Waals surface area contributed by atoms with Crippen LogP contribution in [0.2, 0.25) is 0 Å². The lowest BCUT2D eigenvalue weighted by atomic mass is 10.1. The molecule has 0 spiro atoms. The highest BCUT2D eigenvalue weighted by atomic mass is 16.5. The summed E-state index contributed by atoms with van der Waals surface area (Å²) in [6.07, 6.45) is 0. The molecule has 23 heavy (non-hydrogen) atoms. The van der Waals surface area contributed by atoms with Crippen LogP contribution >= 0.6 is 0 Å². The van der Waals surface area contributed by atoms with Gasteiger partial charge in [0.25, 0.3) is 5.91 Å². The number of carbonyl (C=O) groups excluding carboxylic acids is 2. The van der Waals surface area contributed by atoms with Crippen molar-refractivity contribution in [1.29, 1.82) is 0 Å². The molecule has 2 aromatic carbocycles. The van der Waals surface area contributed by atoms with Crippen molar-refractivity contribution in [2.75, 3.05) is 13.2 Å². The van der Waals surface area contributed by atoms with E-state index in [4.69, 9.17) is 9.47 Å². The molecule has 0 bridgehead atoms. The smallest absolute Gasteiger partial charge is 0.325 e. The Bertz CT molecular complexity index is 655. The van der Waals surface area contributed by atoms with Crippen LogP contribution in [-0.4, -0.2) is 25.0 Å². The molecule has 0 radical (unpaired) electrons. The van der Waals surface area contributed by atoms with E-state index in [0.29, 0.717) is 5.75 Å². The van der Waals surface area contributed by atoms with Crippen LogP contribution in [0.4, 0.5) is 0 Å². The molecule has 0 heterocycles. The van der Waals surface area contributed by atoms with Gasteiger partial charge < -0.3 is 14.8 Å². The van der Waals surface area contributed by atoms with E-state index in [-0.39, 0.29) is 25.7 Å². The molecule has 0 aliphatic rings. The molecule has 0 fully saturated rings. The van der Waals surface area contributed by atoms with Crippen LogP contribution in [-0.2, 0) is 20.9 Å². The Morgan fingerprint density at radius 2 is 1.83 bits per heavy atom. The second kappa shape index (κ2) is 8.58. The van der Waals surface area contributed by atoms with Crippen LogP contribution in [0.3, 0.4) is 0 Å². The lowest BCUT2D eigenvalue weighted by Crippen LogP contribution is -2.34. The van der Waals surface area contributed by atoms with E-state index in [0.717, 1.165) is 11.1 Å². The lowest BCUT2D eigenvalue weighted by molar-refractivity contribution is -0.145. The topological polar surface area (TPSA) is 64.6 Å². The van der Waals surface area contributed by atoms with E-state index in [2.05, 4.69) is 5.32 Å². The summed E-state index contributed by atoms with van der Waals surface area (Å²) >= 11 is 0. The van der Waals surface area contributed by atoms with E-state index in [1.807, 2.05) is 49.4 Å². The number of benzene rings is 2. The van der Waals surface area contributed by atoms with E-state index in [1.165, 1.54) is 0 Å². The number of esters is 1. The Kier molecular flexibility index (Phi) is 6.17. The zero-order valence-corrected chi connectivity index (χ0v) is 13.0. The maximum Gasteiger partial charge on any atom is 0.325 e. The van der Waals surface area contributed by atoms with Crippen molar-refractivity contribution in [2.24, 2.45) is 0 Å². The molecule has 0 saturated heterocycles. The Balaban J connectivity index is 1.64.